The summed E-state index contributed by atoms with van der Waals surface area (Å²) >= 11 is 0. The van der Waals surface area contributed by atoms with E-state index in [0.717, 1.165) is 35.5 Å². The van der Waals surface area contributed by atoms with Crippen LogP contribution < -0.4 is 24.4 Å². The number of fused-ring (bicyclic) bond motifs is 2. The van der Waals surface area contributed by atoms with Gasteiger partial charge in [0.2, 0.25) is 12.5 Å². The fourth-order valence-electron chi connectivity index (χ4n) is 3.97. The molecule has 2 aromatic rings. The molecule has 0 fully saturated rings. The number of rotatable bonds is 4. The van der Waals surface area contributed by atoms with Crippen molar-refractivity contribution in [3.63, 3.8) is 0 Å². The van der Waals surface area contributed by atoms with Gasteiger partial charge in [-0.25, -0.2) is 0 Å². The Bertz CT molecular complexity index is 1060. The first kappa shape index (κ1) is 19.9. The third kappa shape index (κ3) is 3.60. The number of benzene rings is 2. The number of likely N-dealkylation sites (N-methyl/N-ethyl adjacent to an activating group) is 1. The van der Waals surface area contributed by atoms with E-state index in [1.807, 2.05) is 13.0 Å². The molecule has 0 aliphatic carbocycles. The summed E-state index contributed by atoms with van der Waals surface area (Å²) in [5.74, 6) is 8.68. The summed E-state index contributed by atoms with van der Waals surface area (Å²) < 4.78 is 16.9. The number of nitrogens with one attached hydrogen (secondary N) is 2. The van der Waals surface area contributed by atoms with Crippen molar-refractivity contribution in [2.75, 3.05) is 39.4 Å². The molecule has 2 aromatic carbocycles. The van der Waals surface area contributed by atoms with Crippen LogP contribution in [-0.2, 0) is 6.42 Å². The number of nitro benzene ring substituents is 1. The Morgan fingerprint density at radius 2 is 2.20 bits per heavy atom. The second kappa shape index (κ2) is 8.13. The molecule has 0 saturated heterocycles. The minimum Gasteiger partial charge on any atom is -0.492 e. The molecule has 0 amide bonds. The van der Waals surface area contributed by atoms with Gasteiger partial charge in [-0.05, 0) is 36.1 Å². The van der Waals surface area contributed by atoms with E-state index in [1.165, 1.54) is 16.5 Å². The first-order valence-corrected chi connectivity index (χ1v) is 9.78. The zero-order valence-corrected chi connectivity index (χ0v) is 17.2. The summed E-state index contributed by atoms with van der Waals surface area (Å²) in [5, 5.41) is 14.1. The molecule has 2 atom stereocenters. The van der Waals surface area contributed by atoms with Crippen molar-refractivity contribution < 1.29 is 24.0 Å². The lowest BCUT2D eigenvalue weighted by Gasteiger charge is -2.30. The number of hydrogen-bond donors (Lipinski definition) is 2. The first-order chi connectivity index (χ1) is 14.5. The van der Waals surface area contributed by atoms with Crippen LogP contribution in [0.4, 0.5) is 11.4 Å². The molecule has 2 heterocycles. The molecule has 4 rings (SSSR count). The molecule has 1 unspecified atom stereocenters. The predicted octanol–water partition coefficient (Wildman–Crippen LogP) is 1.87. The molecule has 0 spiro atoms. The number of aryl methyl sites for hydroxylation is 1. The lowest BCUT2D eigenvalue weighted by atomic mass is 9.91. The number of nitro groups is 1. The van der Waals surface area contributed by atoms with Crippen LogP contribution in [0.1, 0.15) is 22.7 Å². The minimum atomic E-state index is -0.394. The van der Waals surface area contributed by atoms with Crippen molar-refractivity contribution >= 4 is 11.4 Å². The number of anilines is 1. The fraction of sp³-hybridized carbons (Fsp3) is 0.364. The second-order valence-corrected chi connectivity index (χ2v) is 7.43. The summed E-state index contributed by atoms with van der Waals surface area (Å²) in [4.78, 5) is 11.8. The van der Waals surface area contributed by atoms with E-state index >= 15 is 0 Å². The predicted molar refractivity (Wildman–Crippen MR) is 111 cm³/mol. The highest BCUT2D eigenvalue weighted by Gasteiger charge is 2.35. The molecule has 0 aromatic heterocycles. The molecule has 8 heteroatoms. The van der Waals surface area contributed by atoms with Crippen molar-refractivity contribution in [2.24, 2.45) is 0 Å². The van der Waals surface area contributed by atoms with E-state index in [9.17, 15) is 10.1 Å². The largest absolute Gasteiger partial charge is 0.492 e. The number of nitrogens with zero attached hydrogens (tertiary/aromatic N) is 1. The van der Waals surface area contributed by atoms with Crippen LogP contribution in [0, 0.1) is 28.9 Å². The van der Waals surface area contributed by atoms with Crippen molar-refractivity contribution in [3.8, 4) is 29.1 Å². The average molecular weight is 410 g/mol. The molecule has 0 radical (unpaired) electrons. The highest BCUT2D eigenvalue weighted by atomic mass is 16.7. The van der Waals surface area contributed by atoms with Crippen LogP contribution in [0.25, 0.3) is 0 Å². The van der Waals surface area contributed by atoms with Crippen molar-refractivity contribution in [1.82, 2.24) is 0 Å². The van der Waals surface area contributed by atoms with Gasteiger partial charge in [0.05, 0.1) is 37.7 Å². The van der Waals surface area contributed by atoms with Gasteiger partial charge in [0, 0.05) is 24.2 Å². The summed E-state index contributed by atoms with van der Waals surface area (Å²) in [7, 11) is 3.77. The summed E-state index contributed by atoms with van der Waals surface area (Å²) in [6.45, 7) is 3.44. The molecule has 156 valence electrons. The molecular formula is C22H24N3O5+. The number of hydrogen-bond acceptors (Lipinski definition) is 6. The van der Waals surface area contributed by atoms with Crippen LogP contribution in [0.15, 0.2) is 24.3 Å². The van der Waals surface area contributed by atoms with Crippen molar-refractivity contribution in [3.05, 3.63) is 51.1 Å². The van der Waals surface area contributed by atoms with Gasteiger partial charge in [0.25, 0.3) is 5.69 Å². The Morgan fingerprint density at radius 1 is 1.37 bits per heavy atom. The zero-order chi connectivity index (χ0) is 21.3. The molecule has 2 aliphatic heterocycles. The van der Waals surface area contributed by atoms with Crippen LogP contribution in [0.5, 0.6) is 17.2 Å². The number of quaternary nitrogens is 1. The third-order valence-corrected chi connectivity index (χ3v) is 5.55. The Balaban J connectivity index is 1.56. The Morgan fingerprint density at radius 3 is 2.93 bits per heavy atom. The lowest BCUT2D eigenvalue weighted by Crippen LogP contribution is -3.10. The smallest absolute Gasteiger partial charge is 0.269 e. The standard InChI is InChI=1S/C22H23N3O5/c1-14-11-16(25(26)27)6-7-17(14)23-9-4-5-18-20-15(8-10-24(18)2)12-19-21(22(20)28-3)30-13-29-19/h6-7,11-12,18,23H,8-10,13H2,1-3H3/p+1/t18-/m1/s1. The molecule has 2 N–H and O–H groups in total. The normalized spacial score (nSPS) is 18.8. The van der Waals surface area contributed by atoms with Crippen LogP contribution >= 0.6 is 0 Å². The third-order valence-electron chi connectivity index (χ3n) is 5.55. The van der Waals surface area contributed by atoms with Gasteiger partial charge in [-0.2, -0.15) is 0 Å². The maximum absolute atomic E-state index is 10.9. The summed E-state index contributed by atoms with van der Waals surface area (Å²) in [5.41, 5.74) is 3.97. The van der Waals surface area contributed by atoms with E-state index in [2.05, 4.69) is 24.2 Å². The van der Waals surface area contributed by atoms with E-state index < -0.39 is 4.92 Å². The lowest BCUT2D eigenvalue weighted by molar-refractivity contribution is -0.905. The second-order valence-electron chi connectivity index (χ2n) is 7.43. The first-order valence-electron chi connectivity index (χ1n) is 9.78. The fourth-order valence-corrected chi connectivity index (χ4v) is 3.97. The van der Waals surface area contributed by atoms with Gasteiger partial charge < -0.3 is 24.4 Å². The number of ether oxygens (including phenoxy) is 3. The average Bonchev–Trinajstić information content (AvgIpc) is 3.20. The van der Waals surface area contributed by atoms with Crippen molar-refractivity contribution in [1.29, 1.82) is 0 Å². The van der Waals surface area contributed by atoms with Gasteiger partial charge in [-0.15, -0.1) is 0 Å². The Hall–Kier alpha value is -3.44. The van der Waals surface area contributed by atoms with Crippen molar-refractivity contribution in [2.45, 2.75) is 19.4 Å². The van der Waals surface area contributed by atoms with Gasteiger partial charge in [0.15, 0.2) is 17.5 Å². The van der Waals surface area contributed by atoms with E-state index in [1.54, 1.807) is 19.2 Å². The minimum absolute atomic E-state index is 0.0436. The maximum Gasteiger partial charge on any atom is 0.269 e. The Kier molecular flexibility index (Phi) is 5.38. The highest BCUT2D eigenvalue weighted by molar-refractivity contribution is 5.62. The van der Waals surface area contributed by atoms with E-state index in [-0.39, 0.29) is 18.5 Å². The van der Waals surface area contributed by atoms with Gasteiger partial charge in [-0.3, -0.25) is 10.1 Å². The molecule has 0 bridgehead atoms. The molecule has 0 saturated carbocycles. The van der Waals surface area contributed by atoms with Crippen LogP contribution in [0.3, 0.4) is 0 Å². The van der Waals surface area contributed by atoms with Crippen LogP contribution in [-0.4, -0.2) is 39.0 Å². The SMILES string of the molecule is COc1c2c(cc3c1[C@@H](C#CCNc1ccc([N+](=O)[O-])cc1C)[NH+](C)CC3)OCO2. The Labute approximate surface area is 174 Å². The molecule has 2 aliphatic rings. The van der Waals surface area contributed by atoms with Gasteiger partial charge in [0.1, 0.15) is 0 Å². The summed E-state index contributed by atoms with van der Waals surface area (Å²) in [6, 6.07) is 6.76. The topological polar surface area (TPSA) is 87.3 Å². The van der Waals surface area contributed by atoms with Crippen LogP contribution in [0.2, 0.25) is 0 Å². The monoisotopic (exact) mass is 410 g/mol. The highest BCUT2D eigenvalue weighted by Crippen LogP contribution is 2.47. The maximum atomic E-state index is 10.9. The number of non-ortho nitro benzene ring substituents is 1. The molecule has 8 nitrogen and oxygen atoms in total. The summed E-state index contributed by atoms with van der Waals surface area (Å²) in [6.07, 6.45) is 0.923. The number of methoxy groups -OCH3 is 1. The van der Waals surface area contributed by atoms with E-state index in [4.69, 9.17) is 14.2 Å². The molecule has 30 heavy (non-hydrogen) atoms. The zero-order valence-electron chi connectivity index (χ0n) is 17.2. The molecular weight excluding hydrogens is 386 g/mol. The van der Waals surface area contributed by atoms with Gasteiger partial charge in [-0.1, -0.05) is 5.92 Å². The quantitative estimate of drug-likeness (QED) is 0.455. The van der Waals surface area contributed by atoms with E-state index in [0.29, 0.717) is 18.0 Å². The van der Waals surface area contributed by atoms with Gasteiger partial charge >= 0.3 is 0 Å².